The summed E-state index contributed by atoms with van der Waals surface area (Å²) in [7, 11) is 0. The fourth-order valence-electron chi connectivity index (χ4n) is 7.68. The van der Waals surface area contributed by atoms with E-state index in [0.717, 1.165) is 78.3 Å². The highest BCUT2D eigenvalue weighted by atomic mass is 16.5. The monoisotopic (exact) mass is 360 g/mol. The summed E-state index contributed by atoms with van der Waals surface area (Å²) in [5.41, 5.74) is 0. The van der Waals surface area contributed by atoms with Crippen molar-refractivity contribution >= 4 is 0 Å². The maximum Gasteiger partial charge on any atom is 0.0500 e. The van der Waals surface area contributed by atoms with E-state index >= 15 is 0 Å². The van der Waals surface area contributed by atoms with E-state index in [1.54, 1.807) is 6.42 Å². The van der Waals surface area contributed by atoms with Gasteiger partial charge in [-0.1, -0.05) is 60.3 Å². The molecule has 5 saturated carbocycles. The van der Waals surface area contributed by atoms with Crippen molar-refractivity contribution in [1.82, 2.24) is 0 Å². The molecule has 0 amide bonds. The quantitative estimate of drug-likeness (QED) is 0.469. The molecule has 6 aliphatic rings. The van der Waals surface area contributed by atoms with E-state index < -0.39 is 0 Å². The Bertz CT molecular complexity index is 443. The average Bonchev–Trinajstić information content (AvgIpc) is 3.30. The summed E-state index contributed by atoms with van der Waals surface area (Å²) in [4.78, 5) is 0. The van der Waals surface area contributed by atoms with Gasteiger partial charge in [-0.15, -0.1) is 0 Å². The molecule has 0 radical (unpaired) electrons. The van der Waals surface area contributed by atoms with Gasteiger partial charge in [-0.2, -0.15) is 0 Å². The Balaban J connectivity index is 0.000000108. The van der Waals surface area contributed by atoms with E-state index in [1.807, 2.05) is 0 Å². The predicted octanol–water partition coefficient (Wildman–Crippen LogP) is 6.67. The van der Waals surface area contributed by atoms with E-state index in [9.17, 15) is 0 Å². The summed E-state index contributed by atoms with van der Waals surface area (Å²) in [6.45, 7) is 14.4. The van der Waals surface area contributed by atoms with Crippen LogP contribution < -0.4 is 0 Å². The molecule has 1 heterocycles. The first-order valence-electron chi connectivity index (χ1n) is 12.1. The van der Waals surface area contributed by atoms with Gasteiger partial charge in [0.1, 0.15) is 0 Å². The summed E-state index contributed by atoms with van der Waals surface area (Å²) >= 11 is 0. The molecule has 1 saturated heterocycles. The van der Waals surface area contributed by atoms with Crippen LogP contribution in [0.2, 0.25) is 0 Å². The van der Waals surface area contributed by atoms with Crippen molar-refractivity contribution in [2.24, 2.45) is 65.1 Å². The lowest BCUT2D eigenvalue weighted by Gasteiger charge is -2.33. The van der Waals surface area contributed by atoms with Gasteiger partial charge >= 0.3 is 0 Å². The lowest BCUT2D eigenvalue weighted by atomic mass is 9.71. The van der Waals surface area contributed by atoms with Crippen LogP contribution in [0, 0.1) is 65.1 Å². The fraction of sp³-hybridized carbons (Fsp3) is 1.00. The molecule has 150 valence electrons. The molecule has 0 aromatic heterocycles. The van der Waals surface area contributed by atoms with Gasteiger partial charge in [0, 0.05) is 0 Å². The first-order valence-corrected chi connectivity index (χ1v) is 12.1. The summed E-state index contributed by atoms with van der Waals surface area (Å²) in [5, 5.41) is 0. The summed E-state index contributed by atoms with van der Waals surface area (Å²) in [5.74, 6) is 11.1. The average molecular weight is 361 g/mol. The van der Waals surface area contributed by atoms with Crippen molar-refractivity contribution in [3.05, 3.63) is 0 Å². The molecular weight excluding hydrogens is 316 g/mol. The molecule has 1 nitrogen and oxygen atoms in total. The maximum absolute atomic E-state index is 5.59. The molecule has 6 fully saturated rings. The number of hydrogen-bond donors (Lipinski definition) is 0. The number of rotatable bonds is 0. The molecule has 0 aromatic rings. The minimum atomic E-state index is 0.946. The van der Waals surface area contributed by atoms with Crippen molar-refractivity contribution < 1.29 is 4.74 Å². The SMILES string of the molecule is C1CCC1.CC1C(C)C2CC1C1COCC21.CC1CC2CC1C(C)C2C. The molecule has 11 unspecified atom stereocenters. The van der Waals surface area contributed by atoms with Crippen molar-refractivity contribution in [2.75, 3.05) is 13.2 Å². The highest BCUT2D eigenvalue weighted by Crippen LogP contribution is 2.59. The molecule has 0 spiro atoms. The molecule has 4 bridgehead atoms. The topological polar surface area (TPSA) is 9.23 Å². The van der Waals surface area contributed by atoms with Crippen LogP contribution in [0.3, 0.4) is 0 Å². The van der Waals surface area contributed by atoms with Gasteiger partial charge in [0.2, 0.25) is 0 Å². The zero-order chi connectivity index (χ0) is 18.4. The van der Waals surface area contributed by atoms with E-state index in [1.165, 1.54) is 38.5 Å². The predicted molar refractivity (Wildman–Crippen MR) is 110 cm³/mol. The van der Waals surface area contributed by atoms with E-state index in [2.05, 4.69) is 34.6 Å². The summed E-state index contributed by atoms with van der Waals surface area (Å²) in [6.07, 6.45) is 10.6. The van der Waals surface area contributed by atoms with Gasteiger partial charge in [0.25, 0.3) is 0 Å². The maximum atomic E-state index is 5.59. The van der Waals surface area contributed by atoms with Crippen LogP contribution in [0.15, 0.2) is 0 Å². The molecule has 1 aliphatic heterocycles. The molecule has 0 N–H and O–H groups in total. The molecule has 6 rings (SSSR count). The van der Waals surface area contributed by atoms with Gasteiger partial charge in [-0.25, -0.2) is 0 Å². The minimum Gasteiger partial charge on any atom is -0.381 e. The molecule has 1 heteroatoms. The Morgan fingerprint density at radius 3 is 1.38 bits per heavy atom. The largest absolute Gasteiger partial charge is 0.381 e. The Morgan fingerprint density at radius 1 is 0.500 bits per heavy atom. The van der Waals surface area contributed by atoms with Crippen molar-refractivity contribution in [2.45, 2.75) is 79.6 Å². The van der Waals surface area contributed by atoms with E-state index in [0.29, 0.717) is 0 Å². The molecular formula is C25H44O. The number of ether oxygens (including phenoxy) is 1. The smallest absolute Gasteiger partial charge is 0.0500 e. The molecule has 0 aromatic carbocycles. The second kappa shape index (κ2) is 7.76. The highest BCUT2D eigenvalue weighted by Gasteiger charge is 2.56. The summed E-state index contributed by atoms with van der Waals surface area (Å²) < 4.78 is 5.59. The minimum absolute atomic E-state index is 0.946. The Hall–Kier alpha value is -0.0400. The second-order valence-corrected chi connectivity index (χ2v) is 11.2. The Labute approximate surface area is 163 Å². The van der Waals surface area contributed by atoms with Gasteiger partial charge in [0.15, 0.2) is 0 Å². The fourth-order valence-corrected chi connectivity index (χ4v) is 7.68. The lowest BCUT2D eigenvalue weighted by molar-refractivity contribution is 0.153. The Kier molecular flexibility index (Phi) is 5.76. The molecule has 11 atom stereocenters. The van der Waals surface area contributed by atoms with Crippen LogP contribution in [-0.2, 0) is 4.74 Å². The van der Waals surface area contributed by atoms with Crippen molar-refractivity contribution in [3.63, 3.8) is 0 Å². The zero-order valence-corrected chi connectivity index (χ0v) is 18.1. The van der Waals surface area contributed by atoms with Crippen LogP contribution >= 0.6 is 0 Å². The first kappa shape index (κ1) is 19.3. The van der Waals surface area contributed by atoms with Crippen LogP contribution in [0.1, 0.15) is 79.6 Å². The third-order valence-electron chi connectivity index (χ3n) is 10.2. The van der Waals surface area contributed by atoms with Crippen molar-refractivity contribution in [3.8, 4) is 0 Å². The van der Waals surface area contributed by atoms with Gasteiger partial charge in [0.05, 0.1) is 13.2 Å². The number of hydrogen-bond acceptors (Lipinski definition) is 1. The first-order chi connectivity index (χ1) is 12.5. The van der Waals surface area contributed by atoms with E-state index in [-0.39, 0.29) is 0 Å². The van der Waals surface area contributed by atoms with Crippen LogP contribution in [0.25, 0.3) is 0 Å². The standard InChI is InChI=1S/C11H18O.C10H18.C4H8/c1-6-7(2)9-3-8(6)10-4-12-5-11(9)10;1-6-4-9-5-10(6)8(3)7(9)2;1-2-4-3-1/h6-11H,3-5H2,1-2H3;6-10H,4-5H2,1-3H3;1-4H2. The highest BCUT2D eigenvalue weighted by molar-refractivity contribution is 5.04. The second-order valence-electron chi connectivity index (χ2n) is 11.2. The van der Waals surface area contributed by atoms with Crippen LogP contribution in [0.4, 0.5) is 0 Å². The van der Waals surface area contributed by atoms with E-state index in [4.69, 9.17) is 4.74 Å². The zero-order valence-electron chi connectivity index (χ0n) is 18.1. The lowest BCUT2D eigenvalue weighted by Crippen LogP contribution is -2.31. The molecule has 5 aliphatic carbocycles. The van der Waals surface area contributed by atoms with Gasteiger partial charge in [-0.3, -0.25) is 0 Å². The third kappa shape index (κ3) is 3.29. The Morgan fingerprint density at radius 2 is 1.00 bits per heavy atom. The van der Waals surface area contributed by atoms with Crippen molar-refractivity contribution in [1.29, 1.82) is 0 Å². The number of fused-ring (bicyclic) bond motifs is 7. The van der Waals surface area contributed by atoms with Crippen LogP contribution in [0.5, 0.6) is 0 Å². The van der Waals surface area contributed by atoms with Gasteiger partial charge in [-0.05, 0) is 84.4 Å². The summed E-state index contributed by atoms with van der Waals surface area (Å²) in [6, 6.07) is 0. The normalized spacial score (nSPS) is 55.5. The van der Waals surface area contributed by atoms with Crippen LogP contribution in [-0.4, -0.2) is 13.2 Å². The molecule has 26 heavy (non-hydrogen) atoms. The third-order valence-corrected chi connectivity index (χ3v) is 10.2. The van der Waals surface area contributed by atoms with Gasteiger partial charge < -0.3 is 4.74 Å².